The fourth-order valence-corrected chi connectivity index (χ4v) is 4.00. The van der Waals surface area contributed by atoms with Gasteiger partial charge in [-0.15, -0.1) is 11.8 Å². The lowest BCUT2D eigenvalue weighted by atomic mass is 10.3. The van der Waals surface area contributed by atoms with Crippen LogP contribution in [0.15, 0.2) is 29.2 Å². The average Bonchev–Trinajstić information content (AvgIpc) is 2.75. The van der Waals surface area contributed by atoms with Gasteiger partial charge in [0, 0.05) is 24.3 Å². The molecule has 2 aromatic rings. The number of nitrogens with zero attached hydrogens (tertiary/aromatic N) is 1. The predicted molar refractivity (Wildman–Crippen MR) is 88.4 cm³/mol. The van der Waals surface area contributed by atoms with Gasteiger partial charge in [-0.1, -0.05) is 23.5 Å². The molecule has 0 fully saturated rings. The molecular weight excluding hydrogens is 326 g/mol. The maximum Gasteiger partial charge on any atom is 0.263 e. The summed E-state index contributed by atoms with van der Waals surface area (Å²) in [6.45, 7) is 2.57. The molecule has 0 aliphatic rings. The molecule has 0 saturated heterocycles. The van der Waals surface area contributed by atoms with E-state index in [4.69, 9.17) is 0 Å². The fourth-order valence-electron chi connectivity index (χ4n) is 2.02. The van der Waals surface area contributed by atoms with E-state index in [0.29, 0.717) is 13.0 Å². The third-order valence-electron chi connectivity index (χ3n) is 3.06. The van der Waals surface area contributed by atoms with Crippen molar-refractivity contribution < 1.29 is 17.5 Å². The normalized spacial score (nSPS) is 13.0. The number of allylic oxidation sites excluding steroid dienone is 1. The van der Waals surface area contributed by atoms with Crippen LogP contribution in [0.1, 0.15) is 18.4 Å². The quantitative estimate of drug-likeness (QED) is 0.598. The van der Waals surface area contributed by atoms with E-state index in [1.165, 1.54) is 4.91 Å². The van der Waals surface area contributed by atoms with Crippen molar-refractivity contribution in [2.45, 2.75) is 19.9 Å². The molecule has 21 heavy (non-hydrogen) atoms. The number of para-hydroxylation sites is 1. The Hall–Kier alpha value is -0.890. The van der Waals surface area contributed by atoms with E-state index in [2.05, 4.69) is 10.6 Å². The van der Waals surface area contributed by atoms with Gasteiger partial charge in [0.05, 0.1) is 10.1 Å². The van der Waals surface area contributed by atoms with E-state index in [-0.39, 0.29) is 5.75 Å². The molecule has 0 N–H and O–H groups in total. The lowest BCUT2D eigenvalue weighted by Crippen LogP contribution is -2.36. The van der Waals surface area contributed by atoms with Crippen LogP contribution in [0.4, 0.5) is 0 Å². The van der Waals surface area contributed by atoms with Gasteiger partial charge in [0.25, 0.3) is 5.01 Å². The highest BCUT2D eigenvalue weighted by molar-refractivity contribution is 8.02. The molecule has 0 spiro atoms. The minimum Gasteiger partial charge on any atom is -0.748 e. The van der Waals surface area contributed by atoms with Crippen LogP contribution in [0.2, 0.25) is 0 Å². The van der Waals surface area contributed by atoms with Crippen molar-refractivity contribution in [1.29, 1.82) is 0 Å². The third kappa shape index (κ3) is 4.54. The Balaban J connectivity index is 2.36. The number of rotatable bonds is 6. The predicted octanol–water partition coefficient (Wildman–Crippen LogP) is 2.85. The van der Waals surface area contributed by atoms with Crippen molar-refractivity contribution in [3.63, 3.8) is 0 Å². The average molecular weight is 343 g/mol. The van der Waals surface area contributed by atoms with Crippen molar-refractivity contribution in [2.75, 3.05) is 12.0 Å². The SMILES string of the molecule is CSC(C)=Cc1sc2ccccc2[n+]1CCCS(=O)(=O)[O-]. The van der Waals surface area contributed by atoms with Crippen LogP contribution in [0, 0.1) is 0 Å². The minimum absolute atomic E-state index is 0.325. The van der Waals surface area contributed by atoms with Crippen molar-refractivity contribution in [3.8, 4) is 0 Å². The molecule has 0 unspecified atom stereocenters. The summed E-state index contributed by atoms with van der Waals surface area (Å²) in [6, 6.07) is 8.01. The lowest BCUT2D eigenvalue weighted by Gasteiger charge is -2.04. The summed E-state index contributed by atoms with van der Waals surface area (Å²) in [4.78, 5) is 1.19. The summed E-state index contributed by atoms with van der Waals surface area (Å²) >= 11 is 3.35. The molecular formula is C14H17NO3S3. The second-order valence-electron chi connectivity index (χ2n) is 4.63. The van der Waals surface area contributed by atoms with E-state index in [1.54, 1.807) is 23.1 Å². The first-order chi connectivity index (χ1) is 9.90. The van der Waals surface area contributed by atoms with E-state index < -0.39 is 10.1 Å². The van der Waals surface area contributed by atoms with E-state index in [9.17, 15) is 13.0 Å². The highest BCUT2D eigenvalue weighted by atomic mass is 32.2. The second-order valence-corrected chi connectivity index (χ2v) is 8.27. The van der Waals surface area contributed by atoms with Gasteiger partial charge >= 0.3 is 0 Å². The summed E-state index contributed by atoms with van der Waals surface area (Å²) in [6.07, 6.45) is 4.45. The lowest BCUT2D eigenvalue weighted by molar-refractivity contribution is -0.668. The largest absolute Gasteiger partial charge is 0.748 e. The number of thioether (sulfide) groups is 1. The second kappa shape index (κ2) is 6.91. The Morgan fingerprint density at radius 3 is 2.81 bits per heavy atom. The van der Waals surface area contributed by atoms with Crippen LogP contribution in [-0.4, -0.2) is 25.0 Å². The van der Waals surface area contributed by atoms with Crippen LogP contribution < -0.4 is 4.57 Å². The van der Waals surface area contributed by atoms with E-state index >= 15 is 0 Å². The van der Waals surface area contributed by atoms with Crippen molar-refractivity contribution in [2.24, 2.45) is 0 Å². The molecule has 0 amide bonds. The van der Waals surface area contributed by atoms with E-state index in [0.717, 1.165) is 15.2 Å². The molecule has 1 heterocycles. The first kappa shape index (κ1) is 16.5. The number of thiazole rings is 1. The van der Waals surface area contributed by atoms with Gasteiger partial charge in [0.1, 0.15) is 4.70 Å². The standard InChI is InChI=1S/C14H17NO3S3/c1-11(19-2)10-14-15(8-5-9-21(16,17)18)12-6-3-4-7-13(12)20-14/h3-4,6-7,10H,5,8-9H2,1-2H3. The zero-order valence-electron chi connectivity index (χ0n) is 11.9. The van der Waals surface area contributed by atoms with Crippen LogP contribution in [-0.2, 0) is 16.7 Å². The molecule has 0 atom stereocenters. The highest BCUT2D eigenvalue weighted by Gasteiger charge is 2.18. The molecule has 0 saturated carbocycles. The Kier molecular flexibility index (Phi) is 5.43. The number of benzene rings is 1. The van der Waals surface area contributed by atoms with Gasteiger partial charge in [0.2, 0.25) is 5.52 Å². The van der Waals surface area contributed by atoms with Crippen molar-refractivity contribution in [1.82, 2.24) is 0 Å². The van der Waals surface area contributed by atoms with Gasteiger partial charge in [-0.3, -0.25) is 0 Å². The highest BCUT2D eigenvalue weighted by Crippen LogP contribution is 2.24. The molecule has 0 aliphatic heterocycles. The monoisotopic (exact) mass is 343 g/mol. The van der Waals surface area contributed by atoms with Gasteiger partial charge in [-0.25, -0.2) is 8.42 Å². The van der Waals surface area contributed by atoms with Crippen LogP contribution in [0.3, 0.4) is 0 Å². The minimum atomic E-state index is -4.15. The summed E-state index contributed by atoms with van der Waals surface area (Å²) < 4.78 is 35.5. The first-order valence-electron chi connectivity index (χ1n) is 6.48. The number of aromatic nitrogens is 1. The van der Waals surface area contributed by atoms with Crippen molar-refractivity contribution >= 4 is 49.5 Å². The summed E-state index contributed by atoms with van der Waals surface area (Å²) in [7, 11) is -4.15. The summed E-state index contributed by atoms with van der Waals surface area (Å²) in [5.41, 5.74) is 1.07. The zero-order chi connectivity index (χ0) is 15.5. The molecule has 1 aromatic heterocycles. The van der Waals surface area contributed by atoms with Crippen LogP contribution >= 0.6 is 23.1 Å². The van der Waals surface area contributed by atoms with Crippen LogP contribution in [0.5, 0.6) is 0 Å². The van der Waals surface area contributed by atoms with Gasteiger partial charge in [-0.2, -0.15) is 4.57 Å². The number of fused-ring (bicyclic) bond motifs is 1. The van der Waals surface area contributed by atoms with Gasteiger partial charge in [0.15, 0.2) is 6.54 Å². The number of hydrogen-bond acceptors (Lipinski definition) is 5. The van der Waals surface area contributed by atoms with Gasteiger partial charge < -0.3 is 4.55 Å². The molecule has 0 aliphatic carbocycles. The Morgan fingerprint density at radius 1 is 1.43 bits per heavy atom. The zero-order valence-corrected chi connectivity index (χ0v) is 14.4. The molecule has 1 aromatic carbocycles. The van der Waals surface area contributed by atoms with Crippen molar-refractivity contribution in [3.05, 3.63) is 34.2 Å². The Labute approximate surface area is 133 Å². The molecule has 4 nitrogen and oxygen atoms in total. The maximum absolute atomic E-state index is 10.8. The fraction of sp³-hybridized carbons (Fsp3) is 0.357. The topological polar surface area (TPSA) is 61.1 Å². The summed E-state index contributed by atoms with van der Waals surface area (Å²) in [5.74, 6) is -0.325. The Morgan fingerprint density at radius 2 is 2.14 bits per heavy atom. The Bertz CT molecular complexity index is 763. The molecule has 114 valence electrons. The molecule has 2 rings (SSSR count). The number of hydrogen-bond donors (Lipinski definition) is 0. The first-order valence-corrected chi connectivity index (χ1v) is 10.1. The molecule has 7 heteroatoms. The molecule has 0 bridgehead atoms. The number of aryl methyl sites for hydroxylation is 1. The molecule has 0 radical (unpaired) electrons. The summed E-state index contributed by atoms with van der Waals surface area (Å²) in [5, 5.41) is 1.08. The van der Waals surface area contributed by atoms with Crippen LogP contribution in [0.25, 0.3) is 16.3 Å². The van der Waals surface area contributed by atoms with E-state index in [1.807, 2.05) is 37.4 Å². The maximum atomic E-state index is 10.8. The third-order valence-corrected chi connectivity index (χ3v) is 5.72. The van der Waals surface area contributed by atoms with Gasteiger partial charge in [-0.05, 0) is 24.2 Å². The smallest absolute Gasteiger partial charge is 0.263 e.